The van der Waals surface area contributed by atoms with Crippen LogP contribution in [0.4, 0.5) is 5.82 Å². The maximum atomic E-state index is 12.0. The smallest absolute Gasteiger partial charge is 0.323 e. The van der Waals surface area contributed by atoms with E-state index < -0.39 is 4.92 Å². The number of hydrogen-bond donors (Lipinski definition) is 2. The Hall–Kier alpha value is -1.89. The van der Waals surface area contributed by atoms with Crippen molar-refractivity contribution in [2.24, 2.45) is 13.0 Å². The van der Waals surface area contributed by atoms with Crippen molar-refractivity contribution in [1.82, 2.24) is 9.88 Å². The third-order valence-corrected chi connectivity index (χ3v) is 3.88. The van der Waals surface area contributed by atoms with Gasteiger partial charge in [0.15, 0.2) is 5.69 Å². The molecule has 0 unspecified atom stereocenters. The number of nitro groups is 1. The lowest BCUT2D eigenvalue weighted by Crippen LogP contribution is -2.33. The van der Waals surface area contributed by atoms with Crippen LogP contribution >= 0.6 is 0 Å². The summed E-state index contributed by atoms with van der Waals surface area (Å²) in [5, 5.41) is 23.0. The van der Waals surface area contributed by atoms with E-state index in [1.165, 1.54) is 23.7 Å². The molecule has 0 aliphatic heterocycles. The highest BCUT2D eigenvalue weighted by Gasteiger charge is 2.23. The molecular weight excluding hydrogens is 262 g/mol. The number of aliphatic hydroxyl groups is 1. The second-order valence-electron chi connectivity index (χ2n) is 5.28. The van der Waals surface area contributed by atoms with Gasteiger partial charge >= 0.3 is 5.82 Å². The van der Waals surface area contributed by atoms with E-state index in [0.29, 0.717) is 12.5 Å². The van der Waals surface area contributed by atoms with Crippen molar-refractivity contribution in [2.45, 2.75) is 31.8 Å². The Morgan fingerprint density at radius 3 is 2.65 bits per heavy atom. The Kier molecular flexibility index (Phi) is 4.39. The SMILES string of the molecule is Cn1c(C(=O)NCC2CCC(O)CC2)ccc1[N+](=O)[O-]. The van der Waals surface area contributed by atoms with Crippen molar-refractivity contribution in [1.29, 1.82) is 0 Å². The Morgan fingerprint density at radius 2 is 2.10 bits per heavy atom. The van der Waals surface area contributed by atoms with Crippen molar-refractivity contribution in [3.63, 3.8) is 0 Å². The quantitative estimate of drug-likeness (QED) is 0.640. The molecule has 110 valence electrons. The van der Waals surface area contributed by atoms with E-state index >= 15 is 0 Å². The fourth-order valence-corrected chi connectivity index (χ4v) is 2.59. The Bertz CT molecular complexity index is 504. The highest BCUT2D eigenvalue weighted by molar-refractivity contribution is 5.93. The predicted octanol–water partition coefficient (Wildman–Crippen LogP) is 1.21. The minimum Gasteiger partial charge on any atom is -0.393 e. The molecule has 1 amide bonds. The van der Waals surface area contributed by atoms with Crippen LogP contribution < -0.4 is 5.32 Å². The average molecular weight is 281 g/mol. The highest BCUT2D eigenvalue weighted by atomic mass is 16.6. The largest absolute Gasteiger partial charge is 0.393 e. The minimum absolute atomic E-state index is 0.101. The van der Waals surface area contributed by atoms with Crippen LogP contribution in [0.2, 0.25) is 0 Å². The number of hydrogen-bond acceptors (Lipinski definition) is 4. The third kappa shape index (κ3) is 3.16. The Labute approximate surface area is 116 Å². The molecule has 0 radical (unpaired) electrons. The molecule has 0 aromatic carbocycles. The summed E-state index contributed by atoms with van der Waals surface area (Å²) in [6.07, 6.45) is 3.13. The number of rotatable bonds is 4. The highest BCUT2D eigenvalue weighted by Crippen LogP contribution is 2.23. The van der Waals surface area contributed by atoms with Gasteiger partial charge in [0.25, 0.3) is 5.91 Å². The summed E-state index contributed by atoms with van der Waals surface area (Å²) < 4.78 is 1.28. The molecule has 7 nitrogen and oxygen atoms in total. The predicted molar refractivity (Wildman–Crippen MR) is 72.4 cm³/mol. The van der Waals surface area contributed by atoms with E-state index in [0.717, 1.165) is 25.7 Å². The molecule has 2 N–H and O–H groups in total. The second-order valence-corrected chi connectivity index (χ2v) is 5.28. The van der Waals surface area contributed by atoms with E-state index in [9.17, 15) is 20.0 Å². The first kappa shape index (κ1) is 14.5. The monoisotopic (exact) mass is 281 g/mol. The molecule has 1 saturated carbocycles. The van der Waals surface area contributed by atoms with E-state index in [2.05, 4.69) is 5.32 Å². The van der Waals surface area contributed by atoms with Gasteiger partial charge in [-0.2, -0.15) is 0 Å². The van der Waals surface area contributed by atoms with Gasteiger partial charge in [-0.25, -0.2) is 4.57 Å². The molecule has 0 bridgehead atoms. The van der Waals surface area contributed by atoms with Gasteiger partial charge in [0.2, 0.25) is 0 Å². The lowest BCUT2D eigenvalue weighted by Gasteiger charge is -2.25. The zero-order valence-electron chi connectivity index (χ0n) is 11.4. The van der Waals surface area contributed by atoms with E-state index in [4.69, 9.17) is 0 Å². The summed E-state index contributed by atoms with van der Waals surface area (Å²) in [5.74, 6) is -0.0275. The lowest BCUT2D eigenvalue weighted by molar-refractivity contribution is -0.391. The van der Waals surface area contributed by atoms with Crippen LogP contribution in [0.1, 0.15) is 36.2 Å². The van der Waals surface area contributed by atoms with Gasteiger partial charge < -0.3 is 20.5 Å². The summed E-state index contributed by atoms with van der Waals surface area (Å²) in [5.41, 5.74) is 0.285. The van der Waals surface area contributed by atoms with Crippen molar-refractivity contribution >= 4 is 11.7 Å². The number of aromatic nitrogens is 1. The standard InChI is InChI=1S/C13H19N3O4/c1-15-11(6-7-12(15)16(19)20)13(18)14-8-9-2-4-10(17)5-3-9/h6-7,9-10,17H,2-5,8H2,1H3,(H,14,18). The first-order chi connectivity index (χ1) is 9.49. The van der Waals surface area contributed by atoms with Crippen LogP contribution in [-0.4, -0.2) is 33.2 Å². The molecule has 1 aromatic rings. The van der Waals surface area contributed by atoms with Gasteiger partial charge in [-0.05, 0) is 42.6 Å². The molecule has 1 aliphatic carbocycles. The third-order valence-electron chi connectivity index (χ3n) is 3.88. The molecule has 2 rings (SSSR count). The topological polar surface area (TPSA) is 97.4 Å². The second kappa shape index (κ2) is 6.04. The summed E-state index contributed by atoms with van der Waals surface area (Å²) in [4.78, 5) is 22.2. The van der Waals surface area contributed by atoms with Gasteiger partial charge in [-0.1, -0.05) is 0 Å². The van der Waals surface area contributed by atoms with Crippen LogP contribution in [0, 0.1) is 16.0 Å². The van der Waals surface area contributed by atoms with Crippen molar-refractivity contribution < 1.29 is 14.8 Å². The molecule has 1 aliphatic rings. The summed E-state index contributed by atoms with van der Waals surface area (Å²) in [6, 6.07) is 2.78. The number of amides is 1. The average Bonchev–Trinajstić information content (AvgIpc) is 2.80. The first-order valence-electron chi connectivity index (χ1n) is 6.75. The van der Waals surface area contributed by atoms with Crippen molar-refractivity contribution in [3.05, 3.63) is 27.9 Å². The number of carbonyl (C=O) groups is 1. The van der Waals surface area contributed by atoms with Gasteiger partial charge in [-0.3, -0.25) is 4.79 Å². The summed E-state index contributed by atoms with van der Waals surface area (Å²) in [6.45, 7) is 0.546. The van der Waals surface area contributed by atoms with Crippen LogP contribution in [-0.2, 0) is 7.05 Å². The normalized spacial score (nSPS) is 22.5. The summed E-state index contributed by atoms with van der Waals surface area (Å²) >= 11 is 0. The maximum Gasteiger partial charge on any atom is 0.323 e. The molecular formula is C13H19N3O4. The van der Waals surface area contributed by atoms with Gasteiger partial charge in [-0.15, -0.1) is 0 Å². The first-order valence-corrected chi connectivity index (χ1v) is 6.75. The van der Waals surface area contributed by atoms with Crippen LogP contribution in [0.3, 0.4) is 0 Å². The van der Waals surface area contributed by atoms with Gasteiger partial charge in [0.1, 0.15) is 0 Å². The molecule has 0 saturated heterocycles. The van der Waals surface area contributed by atoms with Crippen molar-refractivity contribution in [3.8, 4) is 0 Å². The van der Waals surface area contributed by atoms with E-state index in [1.54, 1.807) is 0 Å². The zero-order chi connectivity index (χ0) is 14.7. The fraction of sp³-hybridized carbons (Fsp3) is 0.615. The van der Waals surface area contributed by atoms with Crippen molar-refractivity contribution in [2.75, 3.05) is 6.54 Å². The maximum absolute atomic E-state index is 12.0. The Morgan fingerprint density at radius 1 is 1.45 bits per heavy atom. The van der Waals surface area contributed by atoms with E-state index in [-0.39, 0.29) is 23.5 Å². The number of carbonyl (C=O) groups excluding carboxylic acids is 1. The van der Waals surface area contributed by atoms with Gasteiger partial charge in [0.05, 0.1) is 13.2 Å². The molecule has 20 heavy (non-hydrogen) atoms. The number of nitrogens with zero attached hydrogens (tertiary/aromatic N) is 2. The molecule has 1 aromatic heterocycles. The molecule has 7 heteroatoms. The van der Waals surface area contributed by atoms with Gasteiger partial charge in [0, 0.05) is 12.6 Å². The molecule has 0 atom stereocenters. The Balaban J connectivity index is 1.90. The molecule has 0 spiro atoms. The van der Waals surface area contributed by atoms with Crippen LogP contribution in [0.25, 0.3) is 0 Å². The minimum atomic E-state index is -0.515. The van der Waals surface area contributed by atoms with Crippen LogP contribution in [0.5, 0.6) is 0 Å². The molecule has 1 heterocycles. The number of nitrogens with one attached hydrogen (secondary N) is 1. The fourth-order valence-electron chi connectivity index (χ4n) is 2.59. The van der Waals surface area contributed by atoms with E-state index in [1.807, 2.05) is 0 Å². The molecule has 1 fully saturated rings. The summed E-state index contributed by atoms with van der Waals surface area (Å²) in [7, 11) is 1.50. The zero-order valence-corrected chi connectivity index (χ0v) is 11.4. The number of aliphatic hydroxyl groups excluding tert-OH is 1. The van der Waals surface area contributed by atoms with Crippen LogP contribution in [0.15, 0.2) is 12.1 Å². The lowest BCUT2D eigenvalue weighted by atomic mass is 9.87.